The third kappa shape index (κ3) is 9.89. The van der Waals surface area contributed by atoms with Crippen molar-refractivity contribution in [3.8, 4) is 5.75 Å². The molecule has 4 aromatic rings. The van der Waals surface area contributed by atoms with Crippen molar-refractivity contribution in [1.29, 1.82) is 0 Å². The molecule has 1 atom stereocenters. The molecule has 0 spiro atoms. The van der Waals surface area contributed by atoms with Gasteiger partial charge in [-0.05, 0) is 85.1 Å². The van der Waals surface area contributed by atoms with E-state index in [4.69, 9.17) is 4.74 Å². The molecular weight excluding hydrogens is 685 g/mol. The number of carbonyl (C=O) groups excluding carboxylic acids is 2. The molecule has 0 unspecified atom stereocenters. The minimum atomic E-state index is -4.33. The highest BCUT2D eigenvalue weighted by atomic mass is 79.9. The number of carbonyl (C=O) groups is 2. The summed E-state index contributed by atoms with van der Waals surface area (Å²) in [4.78, 5) is 29.7. The maximum atomic E-state index is 14.5. The van der Waals surface area contributed by atoms with Gasteiger partial charge < -0.3 is 15.0 Å². The Labute approximate surface area is 284 Å². The van der Waals surface area contributed by atoms with E-state index in [0.29, 0.717) is 18.9 Å². The van der Waals surface area contributed by atoms with Gasteiger partial charge in [0.2, 0.25) is 11.8 Å². The fourth-order valence-electron chi connectivity index (χ4n) is 4.98. The van der Waals surface area contributed by atoms with Crippen molar-refractivity contribution in [1.82, 2.24) is 10.2 Å². The van der Waals surface area contributed by atoms with Crippen molar-refractivity contribution in [2.24, 2.45) is 0 Å². The van der Waals surface area contributed by atoms with E-state index in [9.17, 15) is 22.4 Å². The number of benzene rings is 4. The highest BCUT2D eigenvalue weighted by Crippen LogP contribution is 2.27. The van der Waals surface area contributed by atoms with Crippen molar-refractivity contribution >= 4 is 43.5 Å². The number of halogens is 2. The normalized spacial score (nSPS) is 11.8. The van der Waals surface area contributed by atoms with Gasteiger partial charge in [0.05, 0.1) is 17.2 Å². The molecule has 0 aliphatic heterocycles. The standard InChI is InChI=1S/C36H39BrFN3O5S/c1-3-5-23-39-36(43)34(24-27-9-7-6-8-10-27)40(25-28-11-13-29(37)14-12-28)35(42)26-41(31-17-15-30(38)16-18-31)47(44,45)33-21-19-32(20-22-33)46-4-2/h6-22,34H,3-5,23-26H2,1-2H3,(H,39,43)/t34-/m1/s1. The molecule has 0 heterocycles. The molecule has 1 N–H and O–H groups in total. The number of hydrogen-bond donors (Lipinski definition) is 1. The van der Waals surface area contributed by atoms with E-state index in [-0.39, 0.29) is 29.5 Å². The highest BCUT2D eigenvalue weighted by molar-refractivity contribution is 9.10. The fourth-order valence-corrected chi connectivity index (χ4v) is 6.66. The summed E-state index contributed by atoms with van der Waals surface area (Å²) >= 11 is 3.44. The van der Waals surface area contributed by atoms with Gasteiger partial charge >= 0.3 is 0 Å². The molecule has 0 fully saturated rings. The molecule has 0 aliphatic rings. The van der Waals surface area contributed by atoms with E-state index < -0.39 is 34.3 Å². The van der Waals surface area contributed by atoms with Crippen LogP contribution in [-0.2, 0) is 32.6 Å². The molecule has 47 heavy (non-hydrogen) atoms. The van der Waals surface area contributed by atoms with E-state index in [0.717, 1.165) is 44.9 Å². The van der Waals surface area contributed by atoms with Gasteiger partial charge in [-0.1, -0.05) is 71.7 Å². The van der Waals surface area contributed by atoms with Gasteiger partial charge in [0.15, 0.2) is 0 Å². The Balaban J connectivity index is 1.77. The average molecular weight is 725 g/mol. The molecule has 2 amide bonds. The summed E-state index contributed by atoms with van der Waals surface area (Å²) in [5.41, 5.74) is 1.70. The molecule has 11 heteroatoms. The summed E-state index contributed by atoms with van der Waals surface area (Å²) in [7, 11) is -4.33. The quantitative estimate of drug-likeness (QED) is 0.129. The van der Waals surface area contributed by atoms with E-state index in [2.05, 4.69) is 21.2 Å². The first-order valence-electron chi connectivity index (χ1n) is 15.5. The first-order valence-corrected chi connectivity index (χ1v) is 17.7. The van der Waals surface area contributed by atoms with Crippen LogP contribution in [0.4, 0.5) is 10.1 Å². The predicted octanol–water partition coefficient (Wildman–Crippen LogP) is 6.74. The molecular formula is C36H39BrFN3O5S. The summed E-state index contributed by atoms with van der Waals surface area (Å²) in [6.07, 6.45) is 1.85. The van der Waals surface area contributed by atoms with Gasteiger partial charge in [0.1, 0.15) is 24.2 Å². The zero-order valence-corrected chi connectivity index (χ0v) is 28.8. The molecule has 4 aromatic carbocycles. The molecule has 0 aliphatic carbocycles. The number of rotatable bonds is 16. The highest BCUT2D eigenvalue weighted by Gasteiger charge is 2.34. The lowest BCUT2D eigenvalue weighted by atomic mass is 10.0. The van der Waals surface area contributed by atoms with Gasteiger partial charge in [0, 0.05) is 24.0 Å². The SMILES string of the molecule is CCCCNC(=O)[C@@H](Cc1ccccc1)N(Cc1ccc(Br)cc1)C(=O)CN(c1ccc(F)cc1)S(=O)(=O)c1ccc(OCC)cc1. The Hall–Kier alpha value is -4.22. The van der Waals surface area contributed by atoms with Crippen molar-refractivity contribution in [2.75, 3.05) is 24.0 Å². The van der Waals surface area contributed by atoms with Gasteiger partial charge in [-0.2, -0.15) is 0 Å². The molecule has 4 rings (SSSR count). The summed E-state index contributed by atoms with van der Waals surface area (Å²) < 4.78 is 49.5. The minimum Gasteiger partial charge on any atom is -0.494 e. The Kier molecular flexibility index (Phi) is 12.9. The number of hydrogen-bond acceptors (Lipinski definition) is 5. The molecule has 8 nitrogen and oxygen atoms in total. The third-order valence-electron chi connectivity index (χ3n) is 7.48. The number of anilines is 1. The Bertz CT molecular complexity index is 1700. The Morgan fingerprint density at radius 1 is 0.872 bits per heavy atom. The zero-order valence-electron chi connectivity index (χ0n) is 26.4. The first kappa shape index (κ1) is 35.6. The lowest BCUT2D eigenvalue weighted by Crippen LogP contribution is -2.53. The molecule has 0 radical (unpaired) electrons. The Morgan fingerprint density at radius 2 is 1.53 bits per heavy atom. The molecule has 0 saturated carbocycles. The van der Waals surface area contributed by atoms with Gasteiger partial charge in [0.25, 0.3) is 10.0 Å². The number of nitrogens with zero attached hydrogens (tertiary/aromatic N) is 2. The van der Waals surface area contributed by atoms with Crippen LogP contribution in [-0.4, -0.2) is 50.9 Å². The first-order chi connectivity index (χ1) is 22.6. The van der Waals surface area contributed by atoms with Gasteiger partial charge in [-0.25, -0.2) is 12.8 Å². The van der Waals surface area contributed by atoms with Crippen LogP contribution in [0.15, 0.2) is 112 Å². The Morgan fingerprint density at radius 3 is 2.15 bits per heavy atom. The van der Waals surface area contributed by atoms with Crippen LogP contribution in [0, 0.1) is 5.82 Å². The van der Waals surface area contributed by atoms with Crippen LogP contribution in [0.2, 0.25) is 0 Å². The molecule has 0 bridgehead atoms. The number of ether oxygens (including phenoxy) is 1. The van der Waals surface area contributed by atoms with E-state index in [1.165, 1.54) is 41.3 Å². The minimum absolute atomic E-state index is 0.0468. The smallest absolute Gasteiger partial charge is 0.264 e. The number of sulfonamides is 1. The summed E-state index contributed by atoms with van der Waals surface area (Å²) in [6.45, 7) is 4.10. The maximum Gasteiger partial charge on any atom is 0.264 e. The summed E-state index contributed by atoms with van der Waals surface area (Å²) in [5, 5.41) is 2.97. The number of amides is 2. The van der Waals surface area contributed by atoms with Crippen LogP contribution in [0.3, 0.4) is 0 Å². The van der Waals surface area contributed by atoms with Crippen LogP contribution in [0.5, 0.6) is 5.75 Å². The topological polar surface area (TPSA) is 96.0 Å². The molecule has 0 aromatic heterocycles. The second-order valence-electron chi connectivity index (χ2n) is 10.9. The van der Waals surface area contributed by atoms with Crippen molar-refractivity contribution in [3.63, 3.8) is 0 Å². The average Bonchev–Trinajstić information content (AvgIpc) is 3.07. The van der Waals surface area contributed by atoms with Crippen LogP contribution in [0.25, 0.3) is 0 Å². The van der Waals surface area contributed by atoms with E-state index in [1.807, 2.05) is 68.4 Å². The summed E-state index contributed by atoms with van der Waals surface area (Å²) in [5.74, 6) is -0.995. The van der Waals surface area contributed by atoms with Gasteiger partial charge in [-0.3, -0.25) is 13.9 Å². The van der Waals surface area contributed by atoms with Crippen LogP contribution in [0.1, 0.15) is 37.8 Å². The lowest BCUT2D eigenvalue weighted by molar-refractivity contribution is -0.140. The van der Waals surface area contributed by atoms with E-state index in [1.54, 1.807) is 0 Å². The van der Waals surface area contributed by atoms with E-state index >= 15 is 0 Å². The lowest BCUT2D eigenvalue weighted by Gasteiger charge is -2.34. The maximum absolute atomic E-state index is 14.5. The zero-order chi connectivity index (χ0) is 33.8. The molecule has 0 saturated heterocycles. The molecule has 248 valence electrons. The van der Waals surface area contributed by atoms with Crippen molar-refractivity contribution in [3.05, 3.63) is 125 Å². The monoisotopic (exact) mass is 723 g/mol. The van der Waals surface area contributed by atoms with Crippen molar-refractivity contribution < 1.29 is 27.1 Å². The predicted molar refractivity (Wildman–Crippen MR) is 185 cm³/mol. The largest absolute Gasteiger partial charge is 0.494 e. The second-order valence-corrected chi connectivity index (χ2v) is 13.7. The van der Waals surface area contributed by atoms with Crippen molar-refractivity contribution in [2.45, 2.75) is 50.6 Å². The summed E-state index contributed by atoms with van der Waals surface area (Å²) in [6, 6.07) is 26.6. The number of unbranched alkanes of at least 4 members (excludes halogenated alkanes) is 1. The van der Waals surface area contributed by atoms with Crippen LogP contribution >= 0.6 is 15.9 Å². The fraction of sp³-hybridized carbons (Fsp3) is 0.278. The van der Waals surface area contributed by atoms with Crippen LogP contribution < -0.4 is 14.4 Å². The number of nitrogens with one attached hydrogen (secondary N) is 1. The van der Waals surface area contributed by atoms with Gasteiger partial charge in [-0.15, -0.1) is 0 Å². The third-order valence-corrected chi connectivity index (χ3v) is 9.80. The second kappa shape index (κ2) is 17.1.